The van der Waals surface area contributed by atoms with Crippen molar-refractivity contribution in [1.82, 2.24) is 4.57 Å². The molecular formula is C26H22N2O4. The quantitative estimate of drug-likeness (QED) is 0.454. The Balaban J connectivity index is 1.65. The molecule has 6 nitrogen and oxygen atoms in total. The highest BCUT2D eigenvalue weighted by Crippen LogP contribution is 2.41. The average molecular weight is 426 g/mol. The second kappa shape index (κ2) is 7.20. The smallest absolute Gasteiger partial charge is 0.235 e. The van der Waals surface area contributed by atoms with E-state index in [0.29, 0.717) is 0 Å². The van der Waals surface area contributed by atoms with E-state index in [1.807, 2.05) is 44.0 Å². The molecule has 4 aromatic rings. The van der Waals surface area contributed by atoms with Crippen molar-refractivity contribution < 1.29 is 19.7 Å². The number of aryl methyl sites for hydroxylation is 1. The number of hydrogen-bond donors (Lipinski definition) is 2. The van der Waals surface area contributed by atoms with Crippen LogP contribution in [0.25, 0.3) is 28.1 Å². The van der Waals surface area contributed by atoms with E-state index < -0.39 is 5.78 Å². The minimum Gasteiger partial charge on any atom is -0.508 e. The number of Topliss-reactive ketones (excluding diaryl/α,β-unsaturated/α-hetero) is 1. The minimum absolute atomic E-state index is 0.0637. The van der Waals surface area contributed by atoms with Gasteiger partial charge in [-0.1, -0.05) is 24.3 Å². The van der Waals surface area contributed by atoms with E-state index in [1.54, 1.807) is 6.08 Å². The molecule has 0 fully saturated rings. The van der Waals surface area contributed by atoms with Crippen molar-refractivity contribution in [1.29, 1.82) is 0 Å². The summed E-state index contributed by atoms with van der Waals surface area (Å²) in [5.41, 5.74) is 5.14. The van der Waals surface area contributed by atoms with Crippen LogP contribution in [0.1, 0.15) is 15.9 Å². The van der Waals surface area contributed by atoms with E-state index in [0.717, 1.165) is 39.3 Å². The number of hydrogen-bond acceptors (Lipinski definition) is 5. The summed E-state index contributed by atoms with van der Waals surface area (Å²) in [6, 6.07) is 16.9. The van der Waals surface area contributed by atoms with E-state index in [4.69, 9.17) is 4.74 Å². The van der Waals surface area contributed by atoms with Gasteiger partial charge in [-0.25, -0.2) is 0 Å². The van der Waals surface area contributed by atoms with E-state index >= 15 is 0 Å². The molecule has 0 saturated heterocycles. The number of ether oxygens (including phenoxy) is 1. The molecule has 1 aliphatic rings. The number of nitrogens with zero attached hydrogens (tertiary/aromatic N) is 2. The number of rotatable bonds is 3. The van der Waals surface area contributed by atoms with Crippen molar-refractivity contribution >= 4 is 28.4 Å². The van der Waals surface area contributed by atoms with Crippen molar-refractivity contribution in [3.63, 3.8) is 0 Å². The molecule has 0 aliphatic carbocycles. The first-order valence-electron chi connectivity index (χ1n) is 10.2. The number of fused-ring (bicyclic) bond motifs is 2. The van der Waals surface area contributed by atoms with Crippen molar-refractivity contribution in [3.05, 3.63) is 77.7 Å². The number of anilines is 1. The maximum atomic E-state index is 12.9. The fourth-order valence-corrected chi connectivity index (χ4v) is 4.19. The van der Waals surface area contributed by atoms with Gasteiger partial charge in [-0.3, -0.25) is 4.79 Å². The van der Waals surface area contributed by atoms with Crippen LogP contribution in [0.15, 0.2) is 66.6 Å². The average Bonchev–Trinajstić information content (AvgIpc) is 3.25. The van der Waals surface area contributed by atoms with Gasteiger partial charge in [-0.05, 0) is 35.4 Å². The zero-order valence-corrected chi connectivity index (χ0v) is 18.0. The molecule has 160 valence electrons. The lowest BCUT2D eigenvalue weighted by atomic mass is 9.98. The summed E-state index contributed by atoms with van der Waals surface area (Å²) in [7, 11) is 5.97. The summed E-state index contributed by atoms with van der Waals surface area (Å²) in [6.07, 6.45) is 3.64. The van der Waals surface area contributed by atoms with Gasteiger partial charge in [0.25, 0.3) is 0 Å². The fraction of sp³-hybridized carbons (Fsp3) is 0.115. The van der Waals surface area contributed by atoms with Crippen LogP contribution < -0.4 is 9.64 Å². The Hall–Kier alpha value is -4.19. The Labute approximate surface area is 185 Å². The highest BCUT2D eigenvalue weighted by Gasteiger charge is 2.31. The molecule has 6 heteroatoms. The number of benzene rings is 3. The van der Waals surface area contributed by atoms with Gasteiger partial charge in [0.15, 0.2) is 5.76 Å². The highest BCUT2D eigenvalue weighted by atomic mass is 16.5. The summed E-state index contributed by atoms with van der Waals surface area (Å²) >= 11 is 0. The molecule has 32 heavy (non-hydrogen) atoms. The van der Waals surface area contributed by atoms with Crippen molar-refractivity contribution in [3.8, 4) is 28.4 Å². The van der Waals surface area contributed by atoms with Gasteiger partial charge < -0.3 is 24.4 Å². The molecule has 1 aliphatic heterocycles. The van der Waals surface area contributed by atoms with E-state index in [2.05, 4.69) is 35.2 Å². The second-order valence-electron chi connectivity index (χ2n) is 8.11. The number of carbonyl (C=O) groups is 1. The van der Waals surface area contributed by atoms with Gasteiger partial charge in [-0.2, -0.15) is 0 Å². The van der Waals surface area contributed by atoms with Crippen LogP contribution in [0.5, 0.6) is 17.2 Å². The zero-order chi connectivity index (χ0) is 22.6. The van der Waals surface area contributed by atoms with Crippen LogP contribution in [0.3, 0.4) is 0 Å². The van der Waals surface area contributed by atoms with Crippen LogP contribution in [0.2, 0.25) is 0 Å². The number of phenolic OH excluding ortho intramolecular Hbond substituents is 2. The van der Waals surface area contributed by atoms with Crippen molar-refractivity contribution in [2.45, 2.75) is 0 Å². The summed E-state index contributed by atoms with van der Waals surface area (Å²) < 4.78 is 7.72. The predicted molar refractivity (Wildman–Crippen MR) is 125 cm³/mol. The zero-order valence-electron chi connectivity index (χ0n) is 18.0. The Morgan fingerprint density at radius 1 is 1.03 bits per heavy atom. The number of carbonyl (C=O) groups excluding carboxylic acids is 1. The van der Waals surface area contributed by atoms with Gasteiger partial charge in [0.2, 0.25) is 5.78 Å². The molecular weight excluding hydrogens is 404 g/mol. The molecule has 5 rings (SSSR count). The highest BCUT2D eigenvalue weighted by molar-refractivity contribution is 6.17. The van der Waals surface area contributed by atoms with E-state index in [1.165, 1.54) is 6.07 Å². The third-order valence-electron chi connectivity index (χ3n) is 5.76. The molecule has 0 spiro atoms. The van der Waals surface area contributed by atoms with Gasteiger partial charge in [-0.15, -0.1) is 0 Å². The number of aromatic hydroxyl groups is 2. The van der Waals surface area contributed by atoms with Gasteiger partial charge in [0, 0.05) is 61.6 Å². The van der Waals surface area contributed by atoms with Crippen LogP contribution in [0.4, 0.5) is 5.69 Å². The maximum Gasteiger partial charge on any atom is 0.235 e. The SMILES string of the molecule is CN(C)c1ccc(-c2cccc3c2c(/C=C2\Oc4cc(O)cc(O)c4C2=O)cn3C)cc1. The molecule has 0 amide bonds. The van der Waals surface area contributed by atoms with Gasteiger partial charge in [0.05, 0.1) is 0 Å². The maximum absolute atomic E-state index is 12.9. The molecule has 0 atom stereocenters. The number of aromatic nitrogens is 1. The Bertz CT molecular complexity index is 1410. The summed E-state index contributed by atoms with van der Waals surface area (Å²) in [4.78, 5) is 14.9. The Morgan fingerprint density at radius 2 is 1.78 bits per heavy atom. The molecule has 2 heterocycles. The number of phenols is 2. The Morgan fingerprint density at radius 3 is 2.50 bits per heavy atom. The first kappa shape index (κ1) is 19.8. The summed E-state index contributed by atoms with van der Waals surface area (Å²) in [5, 5.41) is 20.8. The van der Waals surface area contributed by atoms with Crippen LogP contribution in [-0.2, 0) is 7.05 Å². The summed E-state index contributed by atoms with van der Waals surface area (Å²) in [6.45, 7) is 0. The molecule has 0 saturated carbocycles. The second-order valence-corrected chi connectivity index (χ2v) is 8.11. The first-order chi connectivity index (χ1) is 15.3. The molecule has 0 unspecified atom stereocenters. The summed E-state index contributed by atoms with van der Waals surface area (Å²) in [5.74, 6) is -0.621. The monoisotopic (exact) mass is 426 g/mol. The third-order valence-corrected chi connectivity index (χ3v) is 5.76. The first-order valence-corrected chi connectivity index (χ1v) is 10.2. The lowest BCUT2D eigenvalue weighted by Gasteiger charge is -2.13. The molecule has 2 N–H and O–H groups in total. The van der Waals surface area contributed by atoms with Crippen LogP contribution in [-0.4, -0.2) is 34.7 Å². The molecule has 0 bridgehead atoms. The number of ketones is 1. The number of allylic oxidation sites excluding steroid dienone is 1. The van der Waals surface area contributed by atoms with Crippen LogP contribution in [0, 0.1) is 0 Å². The topological polar surface area (TPSA) is 74.9 Å². The lowest BCUT2D eigenvalue weighted by molar-refractivity contribution is 0.101. The predicted octanol–water partition coefficient (Wildman–Crippen LogP) is 4.94. The lowest BCUT2D eigenvalue weighted by Crippen LogP contribution is -2.07. The standard InChI is InChI=1S/C26H22N2O4/c1-27(2)17-9-7-15(8-10-17)19-5-4-6-20-24(19)16(14-28(20)3)11-23-26(31)25-21(30)12-18(29)13-22(25)32-23/h4-14,29-30H,1-3H3/b23-11-. The van der Waals surface area contributed by atoms with E-state index in [-0.39, 0.29) is 28.6 Å². The van der Waals surface area contributed by atoms with Crippen molar-refractivity contribution in [2.75, 3.05) is 19.0 Å². The van der Waals surface area contributed by atoms with E-state index in [9.17, 15) is 15.0 Å². The van der Waals surface area contributed by atoms with Gasteiger partial charge >= 0.3 is 0 Å². The molecule has 1 aromatic heterocycles. The largest absolute Gasteiger partial charge is 0.508 e. The minimum atomic E-state index is -0.415. The van der Waals surface area contributed by atoms with Gasteiger partial charge in [0.1, 0.15) is 22.8 Å². The fourth-order valence-electron chi connectivity index (χ4n) is 4.19. The normalized spacial score (nSPS) is 14.1. The van der Waals surface area contributed by atoms with Crippen molar-refractivity contribution in [2.24, 2.45) is 7.05 Å². The van der Waals surface area contributed by atoms with Crippen LogP contribution >= 0.6 is 0 Å². The molecule has 3 aromatic carbocycles. The third kappa shape index (κ3) is 3.08. The molecule has 0 radical (unpaired) electrons. The Kier molecular flexibility index (Phi) is 4.44.